The van der Waals surface area contributed by atoms with Crippen molar-refractivity contribution in [2.75, 3.05) is 0 Å². The average molecular weight is 398 g/mol. The van der Waals surface area contributed by atoms with Gasteiger partial charge in [-0.2, -0.15) is 0 Å². The molecule has 0 bridgehead atoms. The van der Waals surface area contributed by atoms with Gasteiger partial charge in [-0.05, 0) is 42.8 Å². The minimum absolute atomic E-state index is 0.0841. The summed E-state index contributed by atoms with van der Waals surface area (Å²) < 4.78 is 3.48. The maximum Gasteiger partial charge on any atom is 0.258 e. The second-order valence-corrected chi connectivity index (χ2v) is 7.56. The fraction of sp³-hybridized carbons (Fsp3) is 0.158. The largest absolute Gasteiger partial charge is 0.305 e. The van der Waals surface area contributed by atoms with Crippen LogP contribution in [0.15, 0.2) is 58.6 Å². The van der Waals surface area contributed by atoms with Gasteiger partial charge in [-0.25, -0.2) is 4.98 Å². The second kappa shape index (κ2) is 7.17. The zero-order chi connectivity index (χ0) is 19.0. The third kappa shape index (κ3) is 3.61. The Labute approximate surface area is 164 Å². The lowest BCUT2D eigenvalue weighted by Gasteiger charge is -2.06. The molecular formula is C19H16ClN5OS. The summed E-state index contributed by atoms with van der Waals surface area (Å²) >= 11 is 7.44. The number of nitrogens with zero attached hydrogens (tertiary/aromatic N) is 5. The molecule has 0 aliphatic carbocycles. The molecule has 0 amide bonds. The Morgan fingerprint density at radius 1 is 1.11 bits per heavy atom. The van der Waals surface area contributed by atoms with E-state index in [1.165, 1.54) is 11.8 Å². The molecule has 1 aromatic carbocycles. The number of hydrogen-bond acceptors (Lipinski definition) is 5. The van der Waals surface area contributed by atoms with Gasteiger partial charge < -0.3 is 4.57 Å². The van der Waals surface area contributed by atoms with E-state index in [2.05, 4.69) is 15.2 Å². The molecular weight excluding hydrogens is 382 g/mol. The molecule has 0 spiro atoms. The number of aromatic nitrogens is 5. The standard InChI is InChI=1S/C19H16ClN5OS/c1-12-3-8-16-21-15(9-17(26)25(16)10-12)11-27-19-23-22-18(24(19)2)13-4-6-14(20)7-5-13/h3-10H,11H2,1-2H3. The maximum atomic E-state index is 12.3. The number of rotatable bonds is 4. The molecule has 27 heavy (non-hydrogen) atoms. The van der Waals surface area contributed by atoms with Crippen LogP contribution >= 0.6 is 23.4 Å². The maximum absolute atomic E-state index is 12.3. The van der Waals surface area contributed by atoms with Crippen molar-refractivity contribution in [2.45, 2.75) is 17.8 Å². The molecule has 0 N–H and O–H groups in total. The first-order chi connectivity index (χ1) is 13.0. The molecule has 3 aromatic heterocycles. The Balaban J connectivity index is 1.57. The molecule has 8 heteroatoms. The van der Waals surface area contributed by atoms with Crippen molar-refractivity contribution in [3.8, 4) is 11.4 Å². The topological polar surface area (TPSA) is 65.1 Å². The minimum atomic E-state index is -0.0841. The third-order valence-corrected chi connectivity index (χ3v) is 5.45. The molecule has 6 nitrogen and oxygen atoms in total. The number of pyridine rings is 1. The normalized spacial score (nSPS) is 11.2. The molecule has 0 saturated heterocycles. The first-order valence-electron chi connectivity index (χ1n) is 8.28. The SMILES string of the molecule is Cc1ccc2nc(CSc3nnc(-c4ccc(Cl)cc4)n3C)cc(=O)n2c1. The fourth-order valence-corrected chi connectivity index (χ4v) is 3.69. The highest BCUT2D eigenvalue weighted by molar-refractivity contribution is 7.98. The predicted octanol–water partition coefficient (Wildman–Crippen LogP) is 3.74. The minimum Gasteiger partial charge on any atom is -0.305 e. The second-order valence-electron chi connectivity index (χ2n) is 6.18. The van der Waals surface area contributed by atoms with Gasteiger partial charge in [0.1, 0.15) is 5.65 Å². The number of hydrogen-bond donors (Lipinski definition) is 0. The van der Waals surface area contributed by atoms with Crippen LogP contribution in [0.25, 0.3) is 17.0 Å². The summed E-state index contributed by atoms with van der Waals surface area (Å²) in [6.07, 6.45) is 1.79. The summed E-state index contributed by atoms with van der Waals surface area (Å²) in [6, 6.07) is 12.8. The van der Waals surface area contributed by atoms with Gasteiger partial charge in [-0.1, -0.05) is 29.4 Å². The molecule has 0 unspecified atom stereocenters. The third-order valence-electron chi connectivity index (χ3n) is 4.15. The zero-order valence-corrected chi connectivity index (χ0v) is 16.3. The smallest absolute Gasteiger partial charge is 0.258 e. The van der Waals surface area contributed by atoms with E-state index in [9.17, 15) is 4.79 Å². The summed E-state index contributed by atoms with van der Waals surface area (Å²) in [6.45, 7) is 1.95. The zero-order valence-electron chi connectivity index (χ0n) is 14.8. The van der Waals surface area contributed by atoms with Gasteiger partial charge in [0.25, 0.3) is 5.56 Å². The van der Waals surface area contributed by atoms with Crippen LogP contribution in [0.3, 0.4) is 0 Å². The number of halogens is 1. The summed E-state index contributed by atoms with van der Waals surface area (Å²) in [5, 5.41) is 9.96. The van der Waals surface area contributed by atoms with Crippen molar-refractivity contribution in [1.29, 1.82) is 0 Å². The van der Waals surface area contributed by atoms with E-state index in [1.807, 2.05) is 54.9 Å². The molecule has 4 rings (SSSR count). The summed E-state index contributed by atoms with van der Waals surface area (Å²) in [5.74, 6) is 1.29. The molecule has 3 heterocycles. The monoisotopic (exact) mass is 397 g/mol. The molecule has 0 fully saturated rings. The number of aryl methyl sites for hydroxylation is 1. The van der Waals surface area contributed by atoms with Gasteiger partial charge >= 0.3 is 0 Å². The first-order valence-corrected chi connectivity index (χ1v) is 9.65. The molecule has 0 aliphatic rings. The predicted molar refractivity (Wildman–Crippen MR) is 107 cm³/mol. The lowest BCUT2D eigenvalue weighted by molar-refractivity contribution is 0.793. The Hall–Kier alpha value is -2.64. The van der Waals surface area contributed by atoms with Crippen LogP contribution in [-0.2, 0) is 12.8 Å². The summed E-state index contributed by atoms with van der Waals surface area (Å²) in [5.41, 5.74) is 3.23. The Morgan fingerprint density at radius 3 is 2.67 bits per heavy atom. The van der Waals surface area contributed by atoms with Crippen LogP contribution in [0.2, 0.25) is 5.02 Å². The van der Waals surface area contributed by atoms with Crippen molar-refractivity contribution in [1.82, 2.24) is 24.1 Å². The molecule has 0 atom stereocenters. The van der Waals surface area contributed by atoms with Crippen LogP contribution < -0.4 is 5.56 Å². The van der Waals surface area contributed by atoms with Crippen molar-refractivity contribution in [3.05, 3.63) is 75.3 Å². The summed E-state index contributed by atoms with van der Waals surface area (Å²) in [4.78, 5) is 16.9. The highest BCUT2D eigenvalue weighted by atomic mass is 35.5. The van der Waals surface area contributed by atoms with Gasteiger partial charge in [-0.3, -0.25) is 9.20 Å². The Kier molecular flexibility index (Phi) is 4.72. The average Bonchev–Trinajstić information content (AvgIpc) is 3.02. The quantitative estimate of drug-likeness (QED) is 0.491. The van der Waals surface area contributed by atoms with Gasteiger partial charge in [0.2, 0.25) is 0 Å². The Morgan fingerprint density at radius 2 is 1.89 bits per heavy atom. The van der Waals surface area contributed by atoms with Crippen molar-refractivity contribution in [2.24, 2.45) is 7.05 Å². The van der Waals surface area contributed by atoms with E-state index in [-0.39, 0.29) is 5.56 Å². The van der Waals surface area contributed by atoms with E-state index in [0.717, 1.165) is 22.1 Å². The van der Waals surface area contributed by atoms with Crippen LogP contribution in [0.1, 0.15) is 11.3 Å². The van der Waals surface area contributed by atoms with Crippen LogP contribution in [0.4, 0.5) is 0 Å². The summed E-state index contributed by atoms with van der Waals surface area (Å²) in [7, 11) is 1.91. The highest BCUT2D eigenvalue weighted by Crippen LogP contribution is 2.25. The Bertz CT molecular complexity index is 1180. The van der Waals surface area contributed by atoms with Gasteiger partial charge in [-0.15, -0.1) is 10.2 Å². The van der Waals surface area contributed by atoms with E-state index < -0.39 is 0 Å². The van der Waals surface area contributed by atoms with Crippen LogP contribution in [0, 0.1) is 6.92 Å². The molecule has 0 saturated carbocycles. The molecule has 4 aromatic rings. The van der Waals surface area contributed by atoms with Crippen LogP contribution in [-0.4, -0.2) is 24.1 Å². The van der Waals surface area contributed by atoms with Gasteiger partial charge in [0, 0.05) is 35.6 Å². The first kappa shape index (κ1) is 17.8. The fourth-order valence-electron chi connectivity index (χ4n) is 2.76. The van der Waals surface area contributed by atoms with Gasteiger partial charge in [0.05, 0.1) is 5.69 Å². The van der Waals surface area contributed by atoms with Gasteiger partial charge in [0.15, 0.2) is 11.0 Å². The number of thioether (sulfide) groups is 1. The number of fused-ring (bicyclic) bond motifs is 1. The number of benzene rings is 1. The lowest BCUT2D eigenvalue weighted by atomic mass is 10.2. The molecule has 0 radical (unpaired) electrons. The van der Waals surface area contributed by atoms with E-state index in [0.29, 0.717) is 22.1 Å². The van der Waals surface area contributed by atoms with Crippen molar-refractivity contribution >= 4 is 29.0 Å². The van der Waals surface area contributed by atoms with E-state index >= 15 is 0 Å². The lowest BCUT2D eigenvalue weighted by Crippen LogP contribution is -2.15. The van der Waals surface area contributed by atoms with Crippen molar-refractivity contribution < 1.29 is 0 Å². The molecule has 0 aliphatic heterocycles. The van der Waals surface area contributed by atoms with E-state index in [4.69, 9.17) is 11.6 Å². The van der Waals surface area contributed by atoms with E-state index in [1.54, 1.807) is 16.7 Å². The van der Waals surface area contributed by atoms with Crippen molar-refractivity contribution in [3.63, 3.8) is 0 Å². The highest BCUT2D eigenvalue weighted by Gasteiger charge is 2.12. The van der Waals surface area contributed by atoms with Crippen LogP contribution in [0.5, 0.6) is 0 Å². The molecule has 136 valence electrons.